The molecule has 3 N–H and O–H groups in total. The molecule has 0 aromatic heterocycles. The van der Waals surface area contributed by atoms with E-state index in [9.17, 15) is 43.2 Å². The third-order valence-electron chi connectivity index (χ3n) is 17.8. The van der Waals surface area contributed by atoms with Crippen LogP contribution in [0.4, 0.5) is 0 Å². The Morgan fingerprint density at radius 3 is 0.809 bits per heavy atom. The van der Waals surface area contributed by atoms with Crippen molar-refractivity contribution < 1.29 is 80.2 Å². The van der Waals surface area contributed by atoms with E-state index in [1.807, 2.05) is 0 Å². The maximum absolute atomic E-state index is 13.1. The fraction of sp³-hybridized carbons (Fsp3) is 0.947. The smallest absolute Gasteiger partial charge is 0.462 e. The van der Waals surface area contributed by atoms with Crippen LogP contribution in [0.3, 0.4) is 0 Å². The van der Waals surface area contributed by atoms with Crippen LogP contribution in [0.1, 0.15) is 388 Å². The molecule has 0 amide bonds. The van der Waals surface area contributed by atoms with E-state index in [2.05, 4.69) is 41.5 Å². The van der Waals surface area contributed by atoms with Crippen molar-refractivity contribution in [2.24, 2.45) is 11.8 Å². The highest BCUT2D eigenvalue weighted by molar-refractivity contribution is 7.47. The molecule has 19 heteroatoms. The number of aliphatic hydroxyl groups excluding tert-OH is 1. The van der Waals surface area contributed by atoms with Gasteiger partial charge < -0.3 is 33.8 Å². The SMILES string of the molecule is CCCCCCCCCCCCCCC(=O)OC[C@H](COP(=O)(O)OC[C@@H](O)COP(=O)(O)OC[C@@H](COC(=O)CCCCCCCCC(C)C)OC(=O)CCCCCCCCCCCCC)OC(=O)CCCCCCCCCCCCCCCCCCCCC(C)CC. The van der Waals surface area contributed by atoms with Crippen LogP contribution >= 0.6 is 15.6 Å². The Balaban J connectivity index is 5.16. The molecule has 0 saturated carbocycles. The van der Waals surface area contributed by atoms with Gasteiger partial charge in [0, 0.05) is 25.7 Å². The van der Waals surface area contributed by atoms with Gasteiger partial charge in [-0.15, -0.1) is 0 Å². The predicted molar refractivity (Wildman–Crippen MR) is 381 cm³/mol. The molecule has 0 aliphatic carbocycles. The maximum Gasteiger partial charge on any atom is 0.472 e. The van der Waals surface area contributed by atoms with Gasteiger partial charge in [0.25, 0.3) is 0 Å². The van der Waals surface area contributed by atoms with E-state index in [0.29, 0.717) is 31.6 Å². The molecule has 6 atom stereocenters. The van der Waals surface area contributed by atoms with E-state index in [1.165, 1.54) is 199 Å². The molecular formula is C75H146O17P2. The molecule has 0 fully saturated rings. The fourth-order valence-electron chi connectivity index (χ4n) is 11.4. The lowest BCUT2D eigenvalue weighted by molar-refractivity contribution is -0.161. The van der Waals surface area contributed by atoms with E-state index in [0.717, 1.165) is 102 Å². The monoisotopic (exact) mass is 1380 g/mol. The number of hydrogen-bond donors (Lipinski definition) is 3. The Morgan fingerprint density at radius 2 is 0.543 bits per heavy atom. The lowest BCUT2D eigenvalue weighted by Crippen LogP contribution is -2.30. The molecule has 0 radical (unpaired) electrons. The molecule has 0 saturated heterocycles. The Kier molecular flexibility index (Phi) is 65.5. The Morgan fingerprint density at radius 1 is 0.309 bits per heavy atom. The number of carbonyl (C=O) groups is 4. The van der Waals surface area contributed by atoms with Crippen molar-refractivity contribution in [1.29, 1.82) is 0 Å². The molecule has 0 heterocycles. The quantitative estimate of drug-likeness (QED) is 0.0222. The van der Waals surface area contributed by atoms with Crippen LogP contribution in [-0.4, -0.2) is 96.7 Å². The molecule has 0 spiro atoms. The van der Waals surface area contributed by atoms with Crippen molar-refractivity contribution in [3.8, 4) is 0 Å². The Labute approximate surface area is 575 Å². The minimum Gasteiger partial charge on any atom is -0.462 e. The first-order chi connectivity index (χ1) is 45.4. The number of phosphoric acid groups is 2. The normalized spacial score (nSPS) is 14.3. The van der Waals surface area contributed by atoms with Crippen LogP contribution in [0.2, 0.25) is 0 Å². The average molecular weight is 1380 g/mol. The van der Waals surface area contributed by atoms with E-state index >= 15 is 0 Å². The van der Waals surface area contributed by atoms with Crippen LogP contribution in [0.25, 0.3) is 0 Å². The molecule has 0 aliphatic heterocycles. The van der Waals surface area contributed by atoms with Crippen molar-refractivity contribution in [3.05, 3.63) is 0 Å². The molecule has 94 heavy (non-hydrogen) atoms. The van der Waals surface area contributed by atoms with Crippen molar-refractivity contribution in [2.45, 2.75) is 407 Å². The van der Waals surface area contributed by atoms with Gasteiger partial charge >= 0.3 is 39.5 Å². The van der Waals surface area contributed by atoms with Crippen molar-refractivity contribution >= 4 is 39.5 Å². The van der Waals surface area contributed by atoms with Gasteiger partial charge in [0.05, 0.1) is 26.4 Å². The number of hydrogen-bond acceptors (Lipinski definition) is 15. The zero-order valence-electron chi connectivity index (χ0n) is 61.3. The number of ether oxygens (including phenoxy) is 4. The predicted octanol–water partition coefficient (Wildman–Crippen LogP) is 21.9. The third-order valence-corrected chi connectivity index (χ3v) is 19.7. The maximum atomic E-state index is 13.1. The van der Waals surface area contributed by atoms with E-state index in [4.69, 9.17) is 37.0 Å². The van der Waals surface area contributed by atoms with Gasteiger partial charge in [-0.3, -0.25) is 37.3 Å². The fourth-order valence-corrected chi connectivity index (χ4v) is 13.0. The second kappa shape index (κ2) is 66.9. The van der Waals surface area contributed by atoms with Crippen molar-refractivity contribution in [3.63, 3.8) is 0 Å². The van der Waals surface area contributed by atoms with Gasteiger partial charge in [-0.05, 0) is 37.5 Å². The number of unbranched alkanes of at least 4 members (excludes halogenated alkanes) is 43. The number of carbonyl (C=O) groups excluding carboxylic acids is 4. The van der Waals surface area contributed by atoms with Crippen LogP contribution < -0.4 is 0 Å². The minimum atomic E-state index is -4.95. The minimum absolute atomic E-state index is 0.106. The zero-order chi connectivity index (χ0) is 69.3. The van der Waals surface area contributed by atoms with Crippen LogP contribution in [0.15, 0.2) is 0 Å². The van der Waals surface area contributed by atoms with E-state index < -0.39 is 97.5 Å². The molecule has 0 aromatic carbocycles. The first-order valence-electron chi connectivity index (χ1n) is 39.0. The summed E-state index contributed by atoms with van der Waals surface area (Å²) >= 11 is 0. The zero-order valence-corrected chi connectivity index (χ0v) is 63.1. The number of esters is 4. The summed E-state index contributed by atoms with van der Waals surface area (Å²) in [4.78, 5) is 72.6. The summed E-state index contributed by atoms with van der Waals surface area (Å²) in [7, 11) is -9.90. The number of aliphatic hydroxyl groups is 1. The van der Waals surface area contributed by atoms with Gasteiger partial charge in [0.15, 0.2) is 12.2 Å². The van der Waals surface area contributed by atoms with Gasteiger partial charge in [-0.2, -0.15) is 0 Å². The second-order valence-corrected chi connectivity index (χ2v) is 30.7. The molecule has 0 aromatic rings. The summed E-state index contributed by atoms with van der Waals surface area (Å²) in [6, 6.07) is 0. The number of phosphoric ester groups is 2. The highest BCUT2D eigenvalue weighted by Gasteiger charge is 2.30. The molecule has 0 aliphatic rings. The molecule has 0 bridgehead atoms. The lowest BCUT2D eigenvalue weighted by Gasteiger charge is -2.21. The first-order valence-corrected chi connectivity index (χ1v) is 42.0. The first kappa shape index (κ1) is 92.1. The van der Waals surface area contributed by atoms with Gasteiger partial charge in [-0.25, -0.2) is 9.13 Å². The summed E-state index contributed by atoms with van der Waals surface area (Å²) in [5.41, 5.74) is 0. The van der Waals surface area contributed by atoms with Crippen molar-refractivity contribution in [2.75, 3.05) is 39.6 Å². The van der Waals surface area contributed by atoms with Crippen LogP contribution in [0, 0.1) is 11.8 Å². The second-order valence-electron chi connectivity index (χ2n) is 27.8. The molecule has 3 unspecified atom stereocenters. The van der Waals surface area contributed by atoms with Crippen molar-refractivity contribution in [1.82, 2.24) is 0 Å². The average Bonchev–Trinajstić information content (AvgIpc) is 1.26. The molecule has 0 rings (SSSR count). The number of rotatable bonds is 74. The molecule has 558 valence electrons. The summed E-state index contributed by atoms with van der Waals surface area (Å²) < 4.78 is 68.4. The topological polar surface area (TPSA) is 237 Å². The molecular weight excluding hydrogens is 1230 g/mol. The molecule has 17 nitrogen and oxygen atoms in total. The van der Waals surface area contributed by atoms with Gasteiger partial charge in [0.1, 0.15) is 19.3 Å². The van der Waals surface area contributed by atoms with Gasteiger partial charge in [-0.1, -0.05) is 337 Å². The summed E-state index contributed by atoms with van der Waals surface area (Å²) in [6.07, 6.45) is 54.2. The lowest BCUT2D eigenvalue weighted by atomic mass is 9.99. The highest BCUT2D eigenvalue weighted by atomic mass is 31.2. The Bertz CT molecular complexity index is 1820. The van der Waals surface area contributed by atoms with E-state index in [-0.39, 0.29) is 25.7 Å². The van der Waals surface area contributed by atoms with Gasteiger partial charge in [0.2, 0.25) is 0 Å². The summed E-state index contributed by atoms with van der Waals surface area (Å²) in [6.45, 7) is 9.56. The largest absolute Gasteiger partial charge is 0.472 e. The van der Waals surface area contributed by atoms with Crippen LogP contribution in [-0.2, 0) is 65.4 Å². The standard InChI is InChI=1S/C75H146O17P2/c1-7-10-12-14-16-18-20-31-34-38-45-51-57-72(77)85-63-70(91-75(80)60-54-48-40-36-32-28-26-24-22-21-23-25-27-30-33-37-44-50-56-68(6)9-3)65-89-93(81,82)87-61-69(76)62-88-94(83,84)90-66-71(64-86-73(78)58-52-46-42-41-43-49-55-67(4)5)92-74(79)59-53-47-39-35-29-19-17-15-13-11-8-2/h67-71,76H,7-66H2,1-6H3,(H,81,82)(H,83,84)/t68?,69-,70-,71-/m1/s1. The summed E-state index contributed by atoms with van der Waals surface area (Å²) in [5, 5.41) is 10.6. The summed E-state index contributed by atoms with van der Waals surface area (Å²) in [5.74, 6) is -0.568. The third kappa shape index (κ3) is 67.3. The Hall–Kier alpha value is -1.94. The van der Waals surface area contributed by atoms with Crippen LogP contribution in [0.5, 0.6) is 0 Å². The van der Waals surface area contributed by atoms with E-state index in [1.54, 1.807) is 0 Å². The highest BCUT2D eigenvalue weighted by Crippen LogP contribution is 2.45.